The first-order chi connectivity index (χ1) is 10.4. The maximum absolute atomic E-state index is 5.43. The van der Waals surface area contributed by atoms with Crippen LogP contribution in [0.3, 0.4) is 0 Å². The molecule has 1 unspecified atom stereocenters. The van der Waals surface area contributed by atoms with E-state index in [2.05, 4.69) is 44.4 Å². The maximum atomic E-state index is 5.43. The molecule has 6 heteroatoms. The summed E-state index contributed by atoms with van der Waals surface area (Å²) in [7, 11) is 0. The van der Waals surface area contributed by atoms with E-state index in [1.807, 2.05) is 0 Å². The minimum Gasteiger partial charge on any atom is -0.379 e. The Labute approximate surface area is 126 Å². The molecule has 0 spiro atoms. The lowest BCUT2D eigenvalue weighted by Crippen LogP contribution is -2.44. The van der Waals surface area contributed by atoms with Crippen molar-refractivity contribution in [1.82, 2.24) is 20.4 Å². The number of hydrogen-bond acceptors (Lipinski definition) is 6. The van der Waals surface area contributed by atoms with Crippen LogP contribution in [0.1, 0.15) is 19.0 Å². The van der Waals surface area contributed by atoms with Gasteiger partial charge in [-0.3, -0.25) is 4.90 Å². The molecular formula is C15H25N5O. The van der Waals surface area contributed by atoms with Crippen molar-refractivity contribution >= 4 is 5.82 Å². The van der Waals surface area contributed by atoms with Crippen molar-refractivity contribution in [2.75, 3.05) is 50.8 Å². The van der Waals surface area contributed by atoms with Crippen LogP contribution in [-0.2, 0) is 11.3 Å². The molecule has 0 bridgehead atoms. The van der Waals surface area contributed by atoms with E-state index in [1.54, 1.807) is 0 Å². The smallest absolute Gasteiger partial charge is 0.151 e. The van der Waals surface area contributed by atoms with Gasteiger partial charge >= 0.3 is 0 Å². The van der Waals surface area contributed by atoms with Crippen LogP contribution in [0.25, 0.3) is 0 Å². The molecule has 2 saturated heterocycles. The fourth-order valence-corrected chi connectivity index (χ4v) is 3.06. The van der Waals surface area contributed by atoms with Crippen molar-refractivity contribution in [3.8, 4) is 0 Å². The molecular weight excluding hydrogens is 266 g/mol. The summed E-state index contributed by atoms with van der Waals surface area (Å²) in [6.45, 7) is 9.84. The van der Waals surface area contributed by atoms with E-state index in [1.165, 1.54) is 6.42 Å². The van der Waals surface area contributed by atoms with E-state index in [-0.39, 0.29) is 0 Å². The first-order valence-corrected chi connectivity index (χ1v) is 7.97. The minimum absolute atomic E-state index is 0.636. The Kier molecular flexibility index (Phi) is 5.00. The summed E-state index contributed by atoms with van der Waals surface area (Å²) in [5, 5.41) is 12.0. The number of nitrogens with zero attached hydrogens (tertiary/aromatic N) is 4. The molecule has 2 aliphatic heterocycles. The Morgan fingerprint density at radius 1 is 1.24 bits per heavy atom. The number of ether oxygens (including phenoxy) is 1. The van der Waals surface area contributed by atoms with E-state index < -0.39 is 0 Å². The number of nitrogens with one attached hydrogen (secondary N) is 1. The largest absolute Gasteiger partial charge is 0.379 e. The topological polar surface area (TPSA) is 53.5 Å². The Hall–Kier alpha value is -1.24. The van der Waals surface area contributed by atoms with E-state index >= 15 is 0 Å². The second kappa shape index (κ2) is 7.15. The molecule has 0 aliphatic carbocycles. The molecule has 2 aliphatic rings. The molecule has 1 aromatic heterocycles. The van der Waals surface area contributed by atoms with E-state index in [0.717, 1.165) is 64.0 Å². The van der Waals surface area contributed by atoms with Crippen molar-refractivity contribution in [1.29, 1.82) is 0 Å². The van der Waals surface area contributed by atoms with E-state index in [9.17, 15) is 0 Å². The first-order valence-electron chi connectivity index (χ1n) is 7.97. The fourth-order valence-electron chi connectivity index (χ4n) is 3.06. The van der Waals surface area contributed by atoms with Gasteiger partial charge in [0.1, 0.15) is 0 Å². The van der Waals surface area contributed by atoms with Crippen LogP contribution < -0.4 is 10.2 Å². The fraction of sp³-hybridized carbons (Fsp3) is 0.733. The minimum atomic E-state index is 0.636. The third-order valence-corrected chi connectivity index (χ3v) is 4.31. The van der Waals surface area contributed by atoms with Crippen LogP contribution in [0, 0.1) is 0 Å². The second-order valence-electron chi connectivity index (χ2n) is 5.70. The maximum Gasteiger partial charge on any atom is 0.151 e. The molecule has 6 nitrogen and oxygen atoms in total. The van der Waals surface area contributed by atoms with Gasteiger partial charge in [0.25, 0.3) is 0 Å². The number of rotatable bonds is 5. The average molecular weight is 291 g/mol. The van der Waals surface area contributed by atoms with Gasteiger partial charge in [-0.05, 0) is 25.1 Å². The quantitative estimate of drug-likeness (QED) is 0.852. The molecule has 3 rings (SSSR count). The highest BCUT2D eigenvalue weighted by atomic mass is 16.5. The molecule has 21 heavy (non-hydrogen) atoms. The normalized spacial score (nSPS) is 23.7. The van der Waals surface area contributed by atoms with Gasteiger partial charge in [-0.15, -0.1) is 5.10 Å². The highest BCUT2D eigenvalue weighted by molar-refractivity contribution is 5.39. The lowest BCUT2D eigenvalue weighted by atomic mass is 10.2. The van der Waals surface area contributed by atoms with Crippen LogP contribution in [0.2, 0.25) is 0 Å². The Bertz CT molecular complexity index is 432. The van der Waals surface area contributed by atoms with Crippen molar-refractivity contribution in [3.05, 3.63) is 17.8 Å². The van der Waals surface area contributed by atoms with Gasteiger partial charge in [0.15, 0.2) is 5.82 Å². The summed E-state index contributed by atoms with van der Waals surface area (Å²) >= 11 is 0. The Morgan fingerprint density at radius 3 is 2.81 bits per heavy atom. The van der Waals surface area contributed by atoms with Crippen molar-refractivity contribution in [2.45, 2.75) is 25.9 Å². The number of anilines is 1. The molecule has 3 heterocycles. The highest BCUT2D eigenvalue weighted by Gasteiger charge is 2.29. The third-order valence-electron chi connectivity index (χ3n) is 4.31. The van der Waals surface area contributed by atoms with Crippen LogP contribution in [0.5, 0.6) is 0 Å². The zero-order valence-electron chi connectivity index (χ0n) is 12.8. The predicted octanol–water partition coefficient (Wildman–Crippen LogP) is 0.497. The zero-order valence-corrected chi connectivity index (χ0v) is 12.8. The SMILES string of the molecule is CCNCc1ccc(N2CCC(N3CCOCC3)C2)nn1. The van der Waals surface area contributed by atoms with Gasteiger partial charge in [-0.2, -0.15) is 5.10 Å². The molecule has 1 atom stereocenters. The molecule has 0 amide bonds. The van der Waals surface area contributed by atoms with Crippen LogP contribution in [-0.4, -0.2) is 67.1 Å². The summed E-state index contributed by atoms with van der Waals surface area (Å²) in [6.07, 6.45) is 1.21. The summed E-state index contributed by atoms with van der Waals surface area (Å²) in [6, 6.07) is 4.81. The number of morpholine rings is 1. The summed E-state index contributed by atoms with van der Waals surface area (Å²) in [4.78, 5) is 4.90. The van der Waals surface area contributed by atoms with Gasteiger partial charge in [-0.1, -0.05) is 6.92 Å². The molecule has 116 valence electrons. The lowest BCUT2D eigenvalue weighted by Gasteiger charge is -2.32. The second-order valence-corrected chi connectivity index (χ2v) is 5.70. The molecule has 0 aromatic carbocycles. The Balaban J connectivity index is 1.55. The van der Waals surface area contributed by atoms with Gasteiger partial charge < -0.3 is 15.0 Å². The summed E-state index contributed by atoms with van der Waals surface area (Å²) < 4.78 is 5.43. The van der Waals surface area contributed by atoms with Crippen LogP contribution in [0.4, 0.5) is 5.82 Å². The Morgan fingerprint density at radius 2 is 2.10 bits per heavy atom. The van der Waals surface area contributed by atoms with Crippen molar-refractivity contribution < 1.29 is 4.74 Å². The van der Waals surface area contributed by atoms with Crippen molar-refractivity contribution in [2.24, 2.45) is 0 Å². The van der Waals surface area contributed by atoms with Crippen LogP contribution >= 0.6 is 0 Å². The van der Waals surface area contributed by atoms with E-state index in [4.69, 9.17) is 4.74 Å². The summed E-state index contributed by atoms with van der Waals surface area (Å²) in [5.41, 5.74) is 1.00. The predicted molar refractivity (Wildman–Crippen MR) is 82.4 cm³/mol. The standard InChI is InChI=1S/C15H25N5O/c1-2-16-11-13-3-4-15(18-17-13)20-6-5-14(12-20)19-7-9-21-10-8-19/h3-4,14,16H,2,5-12H2,1H3. The number of aromatic nitrogens is 2. The molecule has 0 saturated carbocycles. The first kappa shape index (κ1) is 14.7. The molecule has 2 fully saturated rings. The van der Waals surface area contributed by atoms with Gasteiger partial charge in [-0.25, -0.2) is 0 Å². The third kappa shape index (κ3) is 3.70. The van der Waals surface area contributed by atoms with Gasteiger partial charge in [0.2, 0.25) is 0 Å². The van der Waals surface area contributed by atoms with Crippen LogP contribution in [0.15, 0.2) is 12.1 Å². The monoisotopic (exact) mass is 291 g/mol. The van der Waals surface area contributed by atoms with E-state index in [0.29, 0.717) is 6.04 Å². The van der Waals surface area contributed by atoms with Gasteiger partial charge in [0.05, 0.1) is 18.9 Å². The number of hydrogen-bond donors (Lipinski definition) is 1. The highest BCUT2D eigenvalue weighted by Crippen LogP contribution is 2.21. The lowest BCUT2D eigenvalue weighted by molar-refractivity contribution is 0.0209. The van der Waals surface area contributed by atoms with Crippen molar-refractivity contribution in [3.63, 3.8) is 0 Å². The average Bonchev–Trinajstić information content (AvgIpc) is 3.04. The zero-order chi connectivity index (χ0) is 14.5. The summed E-state index contributed by atoms with van der Waals surface area (Å²) in [5.74, 6) is 1.01. The molecule has 1 aromatic rings. The molecule has 1 N–H and O–H groups in total. The van der Waals surface area contributed by atoms with Gasteiger partial charge in [0, 0.05) is 38.8 Å². The molecule has 0 radical (unpaired) electrons.